The smallest absolute Gasteiger partial charge is 0.273 e. The first kappa shape index (κ1) is 11.5. The molecule has 1 aromatic heterocycles. The van der Waals surface area contributed by atoms with E-state index in [2.05, 4.69) is 12.1 Å². The van der Waals surface area contributed by atoms with Crippen molar-refractivity contribution in [2.45, 2.75) is 19.4 Å². The summed E-state index contributed by atoms with van der Waals surface area (Å²) < 4.78 is 1.66. The molecule has 1 aromatic carbocycles. The Labute approximate surface area is 101 Å². The number of pyridine rings is 1. The van der Waals surface area contributed by atoms with Gasteiger partial charge in [0, 0.05) is 12.7 Å². The Hall–Kier alpha value is -2.03. The lowest BCUT2D eigenvalue weighted by Gasteiger charge is -2.06. The largest absolute Gasteiger partial charge is 0.394 e. The summed E-state index contributed by atoms with van der Waals surface area (Å²) in [4.78, 5) is 11.6. The monoisotopic (exact) mass is 228 g/mol. The minimum absolute atomic E-state index is 0.0967. The van der Waals surface area contributed by atoms with Gasteiger partial charge in [0.15, 0.2) is 0 Å². The lowest BCUT2D eigenvalue weighted by molar-refractivity contribution is 0.624. The van der Waals surface area contributed by atoms with E-state index in [0.717, 1.165) is 12.8 Å². The van der Waals surface area contributed by atoms with Crippen LogP contribution in [-0.2, 0) is 13.0 Å². The molecule has 3 nitrogen and oxygen atoms in total. The molecule has 0 unspecified atom stereocenters. The van der Waals surface area contributed by atoms with Crippen molar-refractivity contribution in [3.05, 3.63) is 64.6 Å². The van der Waals surface area contributed by atoms with Crippen molar-refractivity contribution in [1.29, 1.82) is 0 Å². The molecule has 0 saturated carbocycles. The molecule has 17 heavy (non-hydrogen) atoms. The van der Waals surface area contributed by atoms with Crippen molar-refractivity contribution in [3.8, 4) is 0 Å². The van der Waals surface area contributed by atoms with Crippen molar-refractivity contribution in [2.75, 3.05) is 5.73 Å². The zero-order valence-electron chi connectivity index (χ0n) is 9.67. The van der Waals surface area contributed by atoms with E-state index in [4.69, 9.17) is 5.73 Å². The Morgan fingerprint density at radius 3 is 2.59 bits per heavy atom. The lowest BCUT2D eigenvalue weighted by Crippen LogP contribution is -2.22. The summed E-state index contributed by atoms with van der Waals surface area (Å²) in [5.74, 6) is 0. The van der Waals surface area contributed by atoms with Gasteiger partial charge in [0.2, 0.25) is 0 Å². The number of nitrogens with two attached hydrogens (primary N) is 1. The van der Waals surface area contributed by atoms with Gasteiger partial charge in [-0.3, -0.25) is 4.79 Å². The maximum absolute atomic E-state index is 11.6. The van der Waals surface area contributed by atoms with Crippen LogP contribution in [0, 0.1) is 0 Å². The van der Waals surface area contributed by atoms with Crippen molar-refractivity contribution < 1.29 is 0 Å². The van der Waals surface area contributed by atoms with Crippen molar-refractivity contribution in [1.82, 2.24) is 4.57 Å². The second-order valence-corrected chi connectivity index (χ2v) is 4.05. The highest BCUT2D eigenvalue weighted by molar-refractivity contribution is 5.33. The minimum atomic E-state index is -0.0967. The van der Waals surface area contributed by atoms with Gasteiger partial charge in [-0.15, -0.1) is 0 Å². The molecular formula is C14H16N2O. The molecule has 2 aromatic rings. The number of hydrogen-bond donors (Lipinski definition) is 1. The second kappa shape index (κ2) is 5.34. The third-order valence-electron chi connectivity index (χ3n) is 2.76. The van der Waals surface area contributed by atoms with Crippen LogP contribution in [0.3, 0.4) is 0 Å². The van der Waals surface area contributed by atoms with Gasteiger partial charge in [-0.25, -0.2) is 0 Å². The number of nitrogens with zero attached hydrogens (tertiary/aromatic N) is 1. The minimum Gasteiger partial charge on any atom is -0.394 e. The Morgan fingerprint density at radius 2 is 1.82 bits per heavy atom. The molecule has 0 saturated heterocycles. The molecule has 3 heteroatoms. The molecule has 1 heterocycles. The van der Waals surface area contributed by atoms with Crippen LogP contribution in [0.15, 0.2) is 53.5 Å². The second-order valence-electron chi connectivity index (χ2n) is 4.05. The molecule has 2 N–H and O–H groups in total. The summed E-state index contributed by atoms with van der Waals surface area (Å²) in [5, 5.41) is 0. The SMILES string of the molecule is Nc1cccn(CCCc2ccccc2)c1=O. The molecule has 0 aliphatic carbocycles. The van der Waals surface area contributed by atoms with Crippen LogP contribution in [0.4, 0.5) is 5.69 Å². The first-order chi connectivity index (χ1) is 8.27. The fourth-order valence-corrected chi connectivity index (χ4v) is 1.83. The van der Waals surface area contributed by atoms with Crippen LogP contribution in [0.2, 0.25) is 0 Å². The third kappa shape index (κ3) is 2.97. The molecule has 0 atom stereocenters. The lowest BCUT2D eigenvalue weighted by atomic mass is 10.1. The Morgan fingerprint density at radius 1 is 1.06 bits per heavy atom. The van der Waals surface area contributed by atoms with E-state index in [-0.39, 0.29) is 5.56 Å². The Balaban J connectivity index is 1.95. The van der Waals surface area contributed by atoms with Crippen LogP contribution in [0.25, 0.3) is 0 Å². The summed E-state index contributed by atoms with van der Waals surface area (Å²) in [6.45, 7) is 0.707. The maximum atomic E-state index is 11.6. The summed E-state index contributed by atoms with van der Waals surface area (Å²) in [6.07, 6.45) is 3.69. The maximum Gasteiger partial charge on any atom is 0.273 e. The molecule has 0 bridgehead atoms. The van der Waals surface area contributed by atoms with Crippen LogP contribution in [-0.4, -0.2) is 4.57 Å². The number of anilines is 1. The predicted octanol–water partition coefficient (Wildman–Crippen LogP) is 2.06. The van der Waals surface area contributed by atoms with E-state index < -0.39 is 0 Å². The van der Waals surface area contributed by atoms with E-state index in [1.807, 2.05) is 18.2 Å². The van der Waals surface area contributed by atoms with Crippen molar-refractivity contribution in [3.63, 3.8) is 0 Å². The summed E-state index contributed by atoms with van der Waals surface area (Å²) in [5.41, 5.74) is 7.08. The van der Waals surface area contributed by atoms with Crippen molar-refractivity contribution >= 4 is 5.69 Å². The predicted molar refractivity (Wildman–Crippen MR) is 69.9 cm³/mol. The van der Waals surface area contributed by atoms with Crippen LogP contribution in [0.1, 0.15) is 12.0 Å². The zero-order chi connectivity index (χ0) is 12.1. The number of nitrogen functional groups attached to an aromatic ring is 1. The summed E-state index contributed by atoms with van der Waals surface area (Å²) >= 11 is 0. The van der Waals surface area contributed by atoms with E-state index in [9.17, 15) is 4.79 Å². The fraction of sp³-hybridized carbons (Fsp3) is 0.214. The van der Waals surface area contributed by atoms with Gasteiger partial charge in [0.1, 0.15) is 0 Å². The number of aryl methyl sites for hydroxylation is 2. The average molecular weight is 228 g/mol. The van der Waals surface area contributed by atoms with Crippen LogP contribution in [0.5, 0.6) is 0 Å². The molecule has 0 radical (unpaired) electrons. The quantitative estimate of drug-likeness (QED) is 0.870. The van der Waals surface area contributed by atoms with Gasteiger partial charge in [-0.1, -0.05) is 30.3 Å². The first-order valence-corrected chi connectivity index (χ1v) is 5.76. The van der Waals surface area contributed by atoms with E-state index >= 15 is 0 Å². The normalized spacial score (nSPS) is 10.4. The highest BCUT2D eigenvalue weighted by Gasteiger charge is 1.99. The summed E-state index contributed by atoms with van der Waals surface area (Å²) in [7, 11) is 0. The molecule has 0 aliphatic rings. The van der Waals surface area contributed by atoms with Gasteiger partial charge >= 0.3 is 0 Å². The van der Waals surface area contributed by atoms with Crippen molar-refractivity contribution in [2.24, 2.45) is 0 Å². The zero-order valence-corrected chi connectivity index (χ0v) is 9.67. The highest BCUT2D eigenvalue weighted by Crippen LogP contribution is 2.03. The summed E-state index contributed by atoms with van der Waals surface area (Å²) in [6, 6.07) is 13.7. The van der Waals surface area contributed by atoms with E-state index in [1.54, 1.807) is 22.9 Å². The topological polar surface area (TPSA) is 48.0 Å². The van der Waals surface area contributed by atoms with Crippen LogP contribution < -0.4 is 11.3 Å². The number of benzene rings is 1. The molecule has 88 valence electrons. The highest BCUT2D eigenvalue weighted by atomic mass is 16.1. The molecule has 0 fully saturated rings. The van der Waals surface area contributed by atoms with E-state index in [0.29, 0.717) is 12.2 Å². The van der Waals surface area contributed by atoms with E-state index in [1.165, 1.54) is 5.56 Å². The molecular weight excluding hydrogens is 212 g/mol. The molecule has 0 amide bonds. The molecule has 0 aliphatic heterocycles. The number of aromatic nitrogens is 1. The van der Waals surface area contributed by atoms with Crippen LogP contribution >= 0.6 is 0 Å². The van der Waals surface area contributed by atoms with Gasteiger partial charge in [-0.05, 0) is 30.5 Å². The number of rotatable bonds is 4. The fourth-order valence-electron chi connectivity index (χ4n) is 1.83. The molecule has 2 rings (SSSR count). The third-order valence-corrected chi connectivity index (χ3v) is 2.76. The van der Waals surface area contributed by atoms with Gasteiger partial charge in [0.25, 0.3) is 5.56 Å². The molecule has 0 spiro atoms. The average Bonchev–Trinajstić information content (AvgIpc) is 2.36. The number of hydrogen-bond acceptors (Lipinski definition) is 2. The standard InChI is InChI=1S/C14H16N2O/c15-13-9-5-11-16(14(13)17)10-4-8-12-6-2-1-3-7-12/h1-3,5-7,9,11H,4,8,10,15H2. The van der Waals surface area contributed by atoms with Gasteiger partial charge in [0.05, 0.1) is 5.69 Å². The Bertz CT molecular complexity index is 531. The van der Waals surface area contributed by atoms with Gasteiger partial charge < -0.3 is 10.3 Å². The first-order valence-electron chi connectivity index (χ1n) is 5.76. The Kier molecular flexibility index (Phi) is 3.60. The van der Waals surface area contributed by atoms with Gasteiger partial charge in [-0.2, -0.15) is 0 Å².